The predicted octanol–water partition coefficient (Wildman–Crippen LogP) is 4.26. The Morgan fingerprint density at radius 3 is 1.82 bits per heavy atom. The van der Waals surface area contributed by atoms with Crippen molar-refractivity contribution in [3.05, 3.63) is 71.8 Å². The molecule has 2 aromatic carbocycles. The van der Waals surface area contributed by atoms with Gasteiger partial charge in [-0.05, 0) is 24.0 Å². The van der Waals surface area contributed by atoms with Gasteiger partial charge < -0.3 is 4.74 Å². The maximum absolute atomic E-state index is 5.69. The van der Waals surface area contributed by atoms with E-state index in [9.17, 15) is 0 Å². The Balaban J connectivity index is 1.60. The van der Waals surface area contributed by atoms with E-state index < -0.39 is 0 Å². The van der Waals surface area contributed by atoms with Crippen LogP contribution in [0.5, 0.6) is 0 Å². The summed E-state index contributed by atoms with van der Waals surface area (Å²) < 4.78 is 5.69. The van der Waals surface area contributed by atoms with Crippen LogP contribution in [0.15, 0.2) is 60.7 Å². The maximum atomic E-state index is 5.69. The van der Waals surface area contributed by atoms with E-state index in [1.54, 1.807) is 0 Å². The van der Waals surface area contributed by atoms with E-state index >= 15 is 0 Å². The Hall–Kier alpha value is -1.64. The topological polar surface area (TPSA) is 15.8 Å². The average Bonchev–Trinajstić information content (AvgIpc) is 3.33. The minimum atomic E-state index is 0.485. The highest BCUT2D eigenvalue weighted by molar-refractivity contribution is 5.17. The molecule has 1 heterocycles. The van der Waals surface area contributed by atoms with Crippen molar-refractivity contribution in [2.24, 2.45) is 0 Å². The first-order chi connectivity index (χ1) is 10.8. The van der Waals surface area contributed by atoms with Crippen molar-refractivity contribution in [3.63, 3.8) is 0 Å². The third-order valence-corrected chi connectivity index (χ3v) is 4.32. The lowest BCUT2D eigenvalue weighted by atomic mass is 10.1. The van der Waals surface area contributed by atoms with Crippen LogP contribution >= 0.6 is 0 Å². The third kappa shape index (κ3) is 4.43. The van der Waals surface area contributed by atoms with Crippen LogP contribution in [0.4, 0.5) is 0 Å². The van der Waals surface area contributed by atoms with Gasteiger partial charge in [-0.1, -0.05) is 67.6 Å². The second-order valence-electron chi connectivity index (χ2n) is 6.09. The SMILES string of the molecule is CC[C@H]1O[C@@H]1CCN(Cc1ccccc1)Cc1ccccc1. The highest BCUT2D eigenvalue weighted by Crippen LogP contribution is 2.28. The van der Waals surface area contributed by atoms with Crippen molar-refractivity contribution in [3.8, 4) is 0 Å². The van der Waals surface area contributed by atoms with Crippen molar-refractivity contribution in [1.82, 2.24) is 4.90 Å². The molecule has 0 aliphatic carbocycles. The van der Waals surface area contributed by atoms with Crippen LogP contribution in [0, 0.1) is 0 Å². The Labute approximate surface area is 133 Å². The Morgan fingerprint density at radius 1 is 0.818 bits per heavy atom. The quantitative estimate of drug-likeness (QED) is 0.676. The minimum Gasteiger partial charge on any atom is -0.370 e. The van der Waals surface area contributed by atoms with E-state index in [4.69, 9.17) is 4.74 Å². The van der Waals surface area contributed by atoms with Crippen molar-refractivity contribution < 1.29 is 4.74 Å². The first-order valence-electron chi connectivity index (χ1n) is 8.31. The molecule has 0 amide bonds. The molecular weight excluding hydrogens is 270 g/mol. The molecule has 2 aromatic rings. The van der Waals surface area contributed by atoms with Gasteiger partial charge in [-0.15, -0.1) is 0 Å². The third-order valence-electron chi connectivity index (χ3n) is 4.32. The molecule has 0 spiro atoms. The van der Waals surface area contributed by atoms with E-state index in [1.165, 1.54) is 11.1 Å². The van der Waals surface area contributed by atoms with Crippen LogP contribution in [0.3, 0.4) is 0 Å². The summed E-state index contributed by atoms with van der Waals surface area (Å²) in [6.07, 6.45) is 3.27. The molecule has 116 valence electrons. The molecule has 0 aromatic heterocycles. The molecule has 1 aliphatic rings. The molecule has 1 saturated heterocycles. The molecule has 3 rings (SSSR count). The van der Waals surface area contributed by atoms with E-state index in [-0.39, 0.29) is 0 Å². The lowest BCUT2D eigenvalue weighted by Crippen LogP contribution is -2.25. The van der Waals surface area contributed by atoms with Crippen molar-refractivity contribution >= 4 is 0 Å². The van der Waals surface area contributed by atoms with E-state index in [0.29, 0.717) is 12.2 Å². The number of hydrogen-bond donors (Lipinski definition) is 0. The maximum Gasteiger partial charge on any atom is 0.0854 e. The molecule has 0 radical (unpaired) electrons. The molecule has 0 N–H and O–H groups in total. The molecule has 1 fully saturated rings. The van der Waals surface area contributed by atoms with Gasteiger partial charge in [0.15, 0.2) is 0 Å². The number of ether oxygens (including phenoxy) is 1. The van der Waals surface area contributed by atoms with Crippen LogP contribution in [0.1, 0.15) is 30.9 Å². The number of benzene rings is 2. The van der Waals surface area contributed by atoms with Gasteiger partial charge in [0.25, 0.3) is 0 Å². The van der Waals surface area contributed by atoms with Crippen LogP contribution in [-0.4, -0.2) is 23.7 Å². The number of hydrogen-bond acceptors (Lipinski definition) is 2. The fourth-order valence-electron chi connectivity index (χ4n) is 3.00. The summed E-state index contributed by atoms with van der Waals surface area (Å²) in [5, 5.41) is 0. The zero-order valence-electron chi connectivity index (χ0n) is 13.3. The zero-order chi connectivity index (χ0) is 15.2. The summed E-state index contributed by atoms with van der Waals surface area (Å²) in [7, 11) is 0. The van der Waals surface area contributed by atoms with Gasteiger partial charge in [-0.2, -0.15) is 0 Å². The van der Waals surface area contributed by atoms with Crippen LogP contribution in [0.25, 0.3) is 0 Å². The second-order valence-corrected chi connectivity index (χ2v) is 6.09. The molecule has 0 unspecified atom stereocenters. The molecule has 0 bridgehead atoms. The number of epoxide rings is 1. The fourth-order valence-corrected chi connectivity index (χ4v) is 3.00. The molecule has 1 aliphatic heterocycles. The summed E-state index contributed by atoms with van der Waals surface area (Å²) in [5.41, 5.74) is 2.75. The first-order valence-corrected chi connectivity index (χ1v) is 8.31. The standard InChI is InChI=1S/C20H25NO/c1-2-19-20(22-19)13-14-21(15-17-9-5-3-6-10-17)16-18-11-7-4-8-12-18/h3-12,19-20H,2,13-16H2,1H3/t19-,20-/m1/s1. The van der Waals surface area contributed by atoms with Gasteiger partial charge in [0, 0.05) is 19.6 Å². The zero-order valence-corrected chi connectivity index (χ0v) is 13.3. The van der Waals surface area contributed by atoms with Gasteiger partial charge in [-0.25, -0.2) is 0 Å². The van der Waals surface area contributed by atoms with E-state index in [0.717, 1.165) is 32.5 Å². The summed E-state index contributed by atoms with van der Waals surface area (Å²) in [4.78, 5) is 2.53. The second kappa shape index (κ2) is 7.57. The lowest BCUT2D eigenvalue weighted by molar-refractivity contribution is 0.239. The molecule has 0 saturated carbocycles. The highest BCUT2D eigenvalue weighted by atomic mass is 16.6. The normalized spacial score (nSPS) is 20.3. The lowest BCUT2D eigenvalue weighted by Gasteiger charge is -2.22. The Bertz CT molecular complexity index is 513. The average molecular weight is 295 g/mol. The van der Waals surface area contributed by atoms with Gasteiger partial charge >= 0.3 is 0 Å². The largest absolute Gasteiger partial charge is 0.370 e. The molecular formula is C20H25NO. The fraction of sp³-hybridized carbons (Fsp3) is 0.400. The van der Waals surface area contributed by atoms with Crippen molar-refractivity contribution in [1.29, 1.82) is 0 Å². The first kappa shape index (κ1) is 15.3. The van der Waals surface area contributed by atoms with Crippen molar-refractivity contribution in [2.45, 2.75) is 45.1 Å². The Morgan fingerprint density at radius 2 is 1.36 bits per heavy atom. The number of rotatable bonds is 8. The number of nitrogens with zero attached hydrogens (tertiary/aromatic N) is 1. The molecule has 22 heavy (non-hydrogen) atoms. The summed E-state index contributed by atoms with van der Waals surface area (Å²) in [6.45, 7) is 5.29. The summed E-state index contributed by atoms with van der Waals surface area (Å²) >= 11 is 0. The molecule has 2 atom stereocenters. The van der Waals surface area contributed by atoms with E-state index in [1.807, 2.05) is 0 Å². The van der Waals surface area contributed by atoms with Crippen molar-refractivity contribution in [2.75, 3.05) is 6.54 Å². The van der Waals surface area contributed by atoms with Gasteiger partial charge in [0.05, 0.1) is 12.2 Å². The highest BCUT2D eigenvalue weighted by Gasteiger charge is 2.36. The van der Waals surface area contributed by atoms with Gasteiger partial charge in [-0.3, -0.25) is 4.90 Å². The Kier molecular flexibility index (Phi) is 5.25. The van der Waals surface area contributed by atoms with Crippen LogP contribution in [0.2, 0.25) is 0 Å². The summed E-state index contributed by atoms with van der Waals surface area (Å²) in [5.74, 6) is 0. The van der Waals surface area contributed by atoms with Crippen LogP contribution < -0.4 is 0 Å². The summed E-state index contributed by atoms with van der Waals surface area (Å²) in [6, 6.07) is 21.5. The van der Waals surface area contributed by atoms with E-state index in [2.05, 4.69) is 72.5 Å². The monoisotopic (exact) mass is 295 g/mol. The van der Waals surface area contributed by atoms with Gasteiger partial charge in [0.1, 0.15) is 0 Å². The van der Waals surface area contributed by atoms with Gasteiger partial charge in [0.2, 0.25) is 0 Å². The predicted molar refractivity (Wildman–Crippen MR) is 90.6 cm³/mol. The van der Waals surface area contributed by atoms with Crippen LogP contribution in [-0.2, 0) is 17.8 Å². The molecule has 2 nitrogen and oxygen atoms in total. The molecule has 2 heteroatoms. The smallest absolute Gasteiger partial charge is 0.0854 e. The minimum absolute atomic E-state index is 0.485.